The summed E-state index contributed by atoms with van der Waals surface area (Å²) in [6, 6.07) is 3.83. The van der Waals surface area contributed by atoms with Crippen molar-refractivity contribution >= 4 is 34.3 Å². The molecule has 0 saturated heterocycles. The van der Waals surface area contributed by atoms with Crippen LogP contribution in [0.25, 0.3) is 20.9 Å². The van der Waals surface area contributed by atoms with E-state index in [1.807, 2.05) is 19.1 Å². The van der Waals surface area contributed by atoms with E-state index in [-0.39, 0.29) is 11.7 Å². The van der Waals surface area contributed by atoms with E-state index in [4.69, 9.17) is 0 Å². The zero-order valence-corrected chi connectivity index (χ0v) is 12.0. The molecule has 0 amide bonds. The van der Waals surface area contributed by atoms with Crippen LogP contribution in [0.5, 0.6) is 5.75 Å². The van der Waals surface area contributed by atoms with Crippen molar-refractivity contribution in [1.29, 1.82) is 0 Å². The number of hydrogen-bond acceptors (Lipinski definition) is 5. The second-order valence-electron chi connectivity index (χ2n) is 4.41. The van der Waals surface area contributed by atoms with Gasteiger partial charge in [-0.3, -0.25) is 4.98 Å². The van der Waals surface area contributed by atoms with Crippen molar-refractivity contribution in [3.8, 4) is 16.3 Å². The minimum atomic E-state index is 0.173. The lowest BCUT2D eigenvalue weighted by atomic mass is 10.1. The number of aromatic hydroxyl groups is 1. The maximum atomic E-state index is 10.2. The van der Waals surface area contributed by atoms with Crippen LogP contribution in [-0.4, -0.2) is 25.8 Å². The summed E-state index contributed by atoms with van der Waals surface area (Å²) in [5.41, 5.74) is 2.40. The van der Waals surface area contributed by atoms with Gasteiger partial charge in [0.1, 0.15) is 15.4 Å². The first-order valence-electron chi connectivity index (χ1n) is 5.93. The molecule has 2 N–H and O–H groups in total. The van der Waals surface area contributed by atoms with Crippen LogP contribution in [0.2, 0.25) is 0 Å². The molecule has 0 fully saturated rings. The first kappa shape index (κ1) is 12.5. The van der Waals surface area contributed by atoms with E-state index < -0.39 is 0 Å². The number of nitrogens with zero attached hydrogens (tertiary/aromatic N) is 2. The molecular weight excluding hydrogens is 278 g/mol. The number of rotatable bonds is 3. The highest BCUT2D eigenvalue weighted by atomic mass is 32.1. The molecule has 0 saturated carbocycles. The molecule has 0 aliphatic rings. The van der Waals surface area contributed by atoms with E-state index in [0.717, 1.165) is 21.1 Å². The average Bonchev–Trinajstić information content (AvgIpc) is 2.99. The summed E-state index contributed by atoms with van der Waals surface area (Å²) < 4.78 is 0. The number of aromatic amines is 1. The highest BCUT2D eigenvalue weighted by Crippen LogP contribution is 2.38. The summed E-state index contributed by atoms with van der Waals surface area (Å²) in [7, 11) is 0. The lowest BCUT2D eigenvalue weighted by Gasteiger charge is -2.05. The second kappa shape index (κ2) is 4.86. The Bertz CT molecular complexity index is 705. The minimum Gasteiger partial charge on any atom is -0.504 e. The van der Waals surface area contributed by atoms with E-state index in [1.165, 1.54) is 11.3 Å². The lowest BCUT2D eigenvalue weighted by Crippen LogP contribution is -1.95. The summed E-state index contributed by atoms with van der Waals surface area (Å²) in [4.78, 5) is 12.7. The van der Waals surface area contributed by atoms with Gasteiger partial charge in [-0.1, -0.05) is 18.3 Å². The number of pyridine rings is 1. The Kier molecular flexibility index (Phi) is 3.20. The number of aromatic nitrogens is 3. The summed E-state index contributed by atoms with van der Waals surface area (Å²) in [5, 5.41) is 11.1. The number of thiazole rings is 1. The first-order valence-corrected chi connectivity index (χ1v) is 7.38. The van der Waals surface area contributed by atoms with E-state index in [0.29, 0.717) is 11.3 Å². The molecule has 0 aliphatic carbocycles. The van der Waals surface area contributed by atoms with Crippen LogP contribution >= 0.6 is 24.0 Å². The molecule has 0 spiro atoms. The molecule has 0 aliphatic heterocycles. The Morgan fingerprint density at radius 2 is 2.37 bits per heavy atom. The van der Waals surface area contributed by atoms with E-state index in [2.05, 4.69) is 27.6 Å². The summed E-state index contributed by atoms with van der Waals surface area (Å²) in [5.74, 6) is 1.09. The summed E-state index contributed by atoms with van der Waals surface area (Å²) >= 11 is 5.78. The monoisotopic (exact) mass is 291 g/mol. The predicted molar refractivity (Wildman–Crippen MR) is 81.1 cm³/mol. The molecule has 1 atom stereocenters. The fourth-order valence-corrected chi connectivity index (χ4v) is 3.09. The molecule has 3 rings (SSSR count). The maximum Gasteiger partial charge on any atom is 0.164 e. The summed E-state index contributed by atoms with van der Waals surface area (Å²) in [6.45, 7) is 2.02. The van der Waals surface area contributed by atoms with Gasteiger partial charge in [0.05, 0.1) is 5.69 Å². The highest BCUT2D eigenvalue weighted by Gasteiger charge is 2.19. The average molecular weight is 291 g/mol. The van der Waals surface area contributed by atoms with Crippen molar-refractivity contribution in [2.75, 3.05) is 5.75 Å². The van der Waals surface area contributed by atoms with Crippen LogP contribution in [0.3, 0.4) is 0 Å². The van der Waals surface area contributed by atoms with E-state index >= 15 is 0 Å². The van der Waals surface area contributed by atoms with Gasteiger partial charge in [0.15, 0.2) is 5.75 Å². The van der Waals surface area contributed by atoms with Gasteiger partial charge in [-0.2, -0.15) is 12.6 Å². The molecule has 19 heavy (non-hydrogen) atoms. The minimum absolute atomic E-state index is 0.173. The van der Waals surface area contributed by atoms with Gasteiger partial charge in [0.25, 0.3) is 0 Å². The van der Waals surface area contributed by atoms with Crippen molar-refractivity contribution in [3.63, 3.8) is 0 Å². The van der Waals surface area contributed by atoms with Gasteiger partial charge in [-0.05, 0) is 17.9 Å². The summed E-state index contributed by atoms with van der Waals surface area (Å²) in [6.07, 6.45) is 3.50. The van der Waals surface area contributed by atoms with Gasteiger partial charge >= 0.3 is 0 Å². The lowest BCUT2D eigenvalue weighted by molar-refractivity contribution is 0.469. The third-order valence-electron chi connectivity index (χ3n) is 3.03. The standard InChI is InChI=1S/C13H13N3OS2/c1-7(6-18)9-11(17)10-13(15-9)19-12(16-10)8-3-2-4-14-5-8/h2-5,7,15,17-18H,6H2,1H3. The SMILES string of the molecule is CC(CS)c1[nH]c2sc(-c3cccnc3)nc2c1O. The molecule has 3 aromatic rings. The van der Waals surface area contributed by atoms with Crippen molar-refractivity contribution in [2.45, 2.75) is 12.8 Å². The zero-order valence-electron chi connectivity index (χ0n) is 10.3. The fourth-order valence-electron chi connectivity index (χ4n) is 1.94. The molecule has 3 aromatic heterocycles. The molecule has 98 valence electrons. The largest absolute Gasteiger partial charge is 0.504 e. The van der Waals surface area contributed by atoms with Gasteiger partial charge in [-0.15, -0.1) is 0 Å². The molecule has 0 radical (unpaired) electrons. The highest BCUT2D eigenvalue weighted by molar-refractivity contribution is 7.80. The number of hydrogen-bond donors (Lipinski definition) is 3. The number of nitrogens with one attached hydrogen (secondary N) is 1. The number of thiol groups is 1. The smallest absolute Gasteiger partial charge is 0.164 e. The Labute approximate surface area is 120 Å². The van der Waals surface area contributed by atoms with Gasteiger partial charge < -0.3 is 10.1 Å². The molecule has 0 aromatic carbocycles. The Hall–Kier alpha value is -1.53. The first-order chi connectivity index (χ1) is 9.20. The number of H-pyrrole nitrogens is 1. The van der Waals surface area contributed by atoms with Gasteiger partial charge in [-0.25, -0.2) is 4.98 Å². The van der Waals surface area contributed by atoms with Crippen LogP contribution in [-0.2, 0) is 0 Å². The third kappa shape index (κ3) is 2.11. The van der Waals surface area contributed by atoms with Crippen LogP contribution in [0.1, 0.15) is 18.5 Å². The van der Waals surface area contributed by atoms with Crippen molar-refractivity contribution in [3.05, 3.63) is 30.2 Å². The van der Waals surface area contributed by atoms with Crippen LogP contribution in [0, 0.1) is 0 Å². The molecule has 4 nitrogen and oxygen atoms in total. The molecule has 6 heteroatoms. The molecule has 3 heterocycles. The van der Waals surface area contributed by atoms with Crippen LogP contribution in [0.15, 0.2) is 24.5 Å². The number of fused-ring (bicyclic) bond motifs is 1. The van der Waals surface area contributed by atoms with Crippen LogP contribution in [0.4, 0.5) is 0 Å². The maximum absolute atomic E-state index is 10.2. The van der Waals surface area contributed by atoms with Gasteiger partial charge in [0, 0.05) is 23.9 Å². The van der Waals surface area contributed by atoms with Crippen LogP contribution < -0.4 is 0 Å². The molecule has 1 unspecified atom stereocenters. The zero-order chi connectivity index (χ0) is 13.4. The van der Waals surface area contributed by atoms with Crippen molar-refractivity contribution in [2.24, 2.45) is 0 Å². The van der Waals surface area contributed by atoms with Crippen molar-refractivity contribution in [1.82, 2.24) is 15.0 Å². The van der Waals surface area contributed by atoms with E-state index in [1.54, 1.807) is 12.4 Å². The topological polar surface area (TPSA) is 61.8 Å². The second-order valence-corrected chi connectivity index (χ2v) is 5.77. The molecule has 0 bridgehead atoms. The fraction of sp³-hybridized carbons (Fsp3) is 0.231. The third-order valence-corrected chi connectivity index (χ3v) is 4.60. The molecular formula is C13H13N3OS2. The normalized spacial score (nSPS) is 12.9. The quantitative estimate of drug-likeness (QED) is 0.648. The van der Waals surface area contributed by atoms with Crippen molar-refractivity contribution < 1.29 is 5.11 Å². The van der Waals surface area contributed by atoms with E-state index in [9.17, 15) is 5.11 Å². The Morgan fingerprint density at radius 3 is 3.00 bits per heavy atom. The Balaban J connectivity index is 2.09. The predicted octanol–water partition coefficient (Wildman–Crippen LogP) is 3.43. The Morgan fingerprint density at radius 1 is 1.53 bits per heavy atom. The van der Waals surface area contributed by atoms with Gasteiger partial charge in [0.2, 0.25) is 0 Å².